The van der Waals surface area contributed by atoms with Crippen LogP contribution in [0, 0.1) is 0 Å². The second-order valence-corrected chi connectivity index (χ2v) is 7.94. The Kier molecular flexibility index (Phi) is 9.89. The van der Waals surface area contributed by atoms with Gasteiger partial charge in [-0.25, -0.2) is 0 Å². The van der Waals surface area contributed by atoms with Gasteiger partial charge >= 0.3 is 0 Å². The van der Waals surface area contributed by atoms with E-state index in [0.717, 1.165) is 30.6 Å². The zero-order valence-electron chi connectivity index (χ0n) is 19.2. The van der Waals surface area contributed by atoms with Crippen LogP contribution in [0.4, 0.5) is 5.69 Å². The fourth-order valence-corrected chi connectivity index (χ4v) is 3.80. The average molecular weight is 574 g/mol. The van der Waals surface area contributed by atoms with Crippen molar-refractivity contribution in [1.29, 1.82) is 0 Å². The Morgan fingerprint density at radius 2 is 1.94 bits per heavy atom. The van der Waals surface area contributed by atoms with E-state index in [1.165, 1.54) is 11.1 Å². The molecule has 4 rings (SSSR count). The quantitative estimate of drug-likeness (QED) is 0.218. The summed E-state index contributed by atoms with van der Waals surface area (Å²) < 4.78 is 7.37. The molecule has 1 amide bonds. The van der Waals surface area contributed by atoms with Crippen LogP contribution < -0.4 is 16.0 Å². The summed E-state index contributed by atoms with van der Waals surface area (Å²) in [6.07, 6.45) is 5.12. The first-order valence-electron chi connectivity index (χ1n) is 11.2. The zero-order chi connectivity index (χ0) is 22.9. The van der Waals surface area contributed by atoms with Gasteiger partial charge in [-0.3, -0.25) is 14.5 Å². The predicted molar refractivity (Wildman–Crippen MR) is 144 cm³/mol. The number of halogens is 1. The molecule has 1 aliphatic heterocycles. The van der Waals surface area contributed by atoms with Crippen LogP contribution >= 0.6 is 24.0 Å². The molecule has 1 unspecified atom stereocenters. The monoisotopic (exact) mass is 574 g/mol. The number of benzene rings is 2. The zero-order valence-corrected chi connectivity index (χ0v) is 21.6. The largest absolute Gasteiger partial charge is 0.368 e. The molecule has 180 valence electrons. The third-order valence-electron chi connectivity index (χ3n) is 5.56. The van der Waals surface area contributed by atoms with Crippen LogP contribution in [0.15, 0.2) is 72.0 Å². The number of ether oxygens (including phenoxy) is 1. The van der Waals surface area contributed by atoms with Crippen LogP contribution in [0.1, 0.15) is 29.5 Å². The van der Waals surface area contributed by atoms with Crippen LogP contribution in [0.5, 0.6) is 0 Å². The van der Waals surface area contributed by atoms with Gasteiger partial charge in [0.05, 0.1) is 6.54 Å². The Hall–Kier alpha value is -2.92. The first kappa shape index (κ1) is 25.7. The van der Waals surface area contributed by atoms with Crippen molar-refractivity contribution in [3.8, 4) is 0 Å². The van der Waals surface area contributed by atoms with E-state index in [9.17, 15) is 4.79 Å². The van der Waals surface area contributed by atoms with Crippen molar-refractivity contribution >= 4 is 41.5 Å². The van der Waals surface area contributed by atoms with E-state index < -0.39 is 0 Å². The molecule has 8 nitrogen and oxygen atoms in total. The number of hydrogen-bond donors (Lipinski definition) is 3. The molecule has 1 aromatic heterocycles. The highest BCUT2D eigenvalue weighted by Gasteiger charge is 2.23. The third kappa shape index (κ3) is 7.29. The normalized spacial score (nSPS) is 15.4. The Bertz CT molecular complexity index is 1080. The molecule has 0 spiro atoms. The number of rotatable bonds is 8. The standard InChI is InChI=1S/C25H30N6O2.HI/c1-26-25(28-17-20-8-2-3-9-21(20)18-31-13-6-12-29-31)27-16-19-7-4-10-22(15-19)30-24(32)23-11-5-14-33-23;/h2-4,6-10,12-13,15,23H,5,11,14,16-18H2,1H3,(H,30,32)(H2,26,27,28);1H. The van der Waals surface area contributed by atoms with Crippen molar-refractivity contribution in [3.63, 3.8) is 0 Å². The number of aromatic nitrogens is 2. The van der Waals surface area contributed by atoms with Crippen molar-refractivity contribution in [2.24, 2.45) is 4.99 Å². The number of carbonyl (C=O) groups is 1. The molecular weight excluding hydrogens is 543 g/mol. The van der Waals surface area contributed by atoms with E-state index in [1.807, 2.05) is 53.3 Å². The molecular formula is C25H31IN6O2. The Balaban J connectivity index is 0.00000324. The maximum atomic E-state index is 12.3. The summed E-state index contributed by atoms with van der Waals surface area (Å²) in [5, 5.41) is 14.0. The summed E-state index contributed by atoms with van der Waals surface area (Å²) in [5.41, 5.74) is 4.21. The van der Waals surface area contributed by atoms with Crippen LogP contribution in [-0.2, 0) is 29.2 Å². The molecule has 1 saturated heterocycles. The van der Waals surface area contributed by atoms with Crippen molar-refractivity contribution in [3.05, 3.63) is 83.7 Å². The molecule has 2 heterocycles. The molecule has 0 saturated carbocycles. The van der Waals surface area contributed by atoms with Gasteiger partial charge in [-0.15, -0.1) is 24.0 Å². The van der Waals surface area contributed by atoms with Gasteiger partial charge in [0.2, 0.25) is 0 Å². The second kappa shape index (κ2) is 13.1. The number of nitrogens with one attached hydrogen (secondary N) is 3. The van der Waals surface area contributed by atoms with Gasteiger partial charge in [0.1, 0.15) is 6.10 Å². The maximum Gasteiger partial charge on any atom is 0.253 e. The molecule has 0 bridgehead atoms. The van der Waals surface area contributed by atoms with E-state index in [-0.39, 0.29) is 36.0 Å². The van der Waals surface area contributed by atoms with Crippen molar-refractivity contribution in [2.75, 3.05) is 19.0 Å². The van der Waals surface area contributed by atoms with Gasteiger partial charge in [0.25, 0.3) is 5.91 Å². The second-order valence-electron chi connectivity index (χ2n) is 7.94. The van der Waals surface area contributed by atoms with Crippen molar-refractivity contribution < 1.29 is 9.53 Å². The molecule has 9 heteroatoms. The first-order valence-corrected chi connectivity index (χ1v) is 11.2. The lowest BCUT2D eigenvalue weighted by atomic mass is 10.1. The van der Waals surface area contributed by atoms with E-state index in [1.54, 1.807) is 13.2 Å². The van der Waals surface area contributed by atoms with Crippen LogP contribution in [0.2, 0.25) is 0 Å². The Labute approximate surface area is 217 Å². The fraction of sp³-hybridized carbons (Fsp3) is 0.320. The highest BCUT2D eigenvalue weighted by atomic mass is 127. The topological polar surface area (TPSA) is 92.6 Å². The highest BCUT2D eigenvalue weighted by Crippen LogP contribution is 2.16. The minimum absolute atomic E-state index is 0. The molecule has 2 aromatic carbocycles. The van der Waals surface area contributed by atoms with Crippen LogP contribution in [0.25, 0.3) is 0 Å². The van der Waals surface area contributed by atoms with E-state index in [4.69, 9.17) is 4.74 Å². The minimum Gasteiger partial charge on any atom is -0.368 e. The average Bonchev–Trinajstić information content (AvgIpc) is 3.55. The van der Waals surface area contributed by atoms with Gasteiger partial charge in [-0.05, 0) is 47.7 Å². The molecule has 1 aliphatic rings. The van der Waals surface area contributed by atoms with Gasteiger partial charge in [-0.1, -0.05) is 36.4 Å². The number of amides is 1. The first-order chi connectivity index (χ1) is 16.2. The molecule has 0 radical (unpaired) electrons. The molecule has 3 aromatic rings. The summed E-state index contributed by atoms with van der Waals surface area (Å²) in [6, 6.07) is 18.0. The number of hydrogen-bond acceptors (Lipinski definition) is 4. The van der Waals surface area contributed by atoms with Crippen LogP contribution in [-0.4, -0.2) is 41.4 Å². The van der Waals surface area contributed by atoms with Crippen molar-refractivity contribution in [2.45, 2.75) is 38.6 Å². The summed E-state index contributed by atoms with van der Waals surface area (Å²) in [5.74, 6) is 0.626. The lowest BCUT2D eigenvalue weighted by Gasteiger charge is -2.15. The smallest absolute Gasteiger partial charge is 0.253 e. The number of anilines is 1. The number of nitrogens with zero attached hydrogens (tertiary/aromatic N) is 3. The van der Waals surface area contributed by atoms with Crippen LogP contribution in [0.3, 0.4) is 0 Å². The summed E-state index contributed by atoms with van der Waals surface area (Å²) >= 11 is 0. The molecule has 0 aliphatic carbocycles. The van der Waals surface area contributed by atoms with Gasteiger partial charge in [-0.2, -0.15) is 5.10 Å². The number of carbonyl (C=O) groups excluding carboxylic acids is 1. The number of aliphatic imine (C=N–C) groups is 1. The Morgan fingerprint density at radius 1 is 1.12 bits per heavy atom. The van der Waals surface area contributed by atoms with Gasteiger partial charge < -0.3 is 20.7 Å². The minimum atomic E-state index is -0.342. The molecule has 3 N–H and O–H groups in total. The Morgan fingerprint density at radius 3 is 2.68 bits per heavy atom. The summed E-state index contributed by atoms with van der Waals surface area (Å²) in [4.78, 5) is 16.6. The van der Waals surface area contributed by atoms with E-state index in [2.05, 4.69) is 38.2 Å². The molecule has 1 fully saturated rings. The number of guanidine groups is 1. The predicted octanol–water partition coefficient (Wildman–Crippen LogP) is 3.53. The maximum absolute atomic E-state index is 12.3. The van der Waals surface area contributed by atoms with Gasteiger partial charge in [0.15, 0.2) is 5.96 Å². The van der Waals surface area contributed by atoms with Gasteiger partial charge in [0, 0.05) is 44.8 Å². The van der Waals surface area contributed by atoms with Crippen molar-refractivity contribution in [1.82, 2.24) is 20.4 Å². The lowest BCUT2D eigenvalue weighted by Crippen LogP contribution is -2.36. The molecule has 1 atom stereocenters. The third-order valence-corrected chi connectivity index (χ3v) is 5.56. The SMILES string of the molecule is CN=C(NCc1cccc(NC(=O)C2CCCO2)c1)NCc1ccccc1Cn1cccn1.I. The van der Waals surface area contributed by atoms with E-state index in [0.29, 0.717) is 25.7 Å². The summed E-state index contributed by atoms with van der Waals surface area (Å²) in [6.45, 7) is 2.61. The highest BCUT2D eigenvalue weighted by molar-refractivity contribution is 14.0. The lowest BCUT2D eigenvalue weighted by molar-refractivity contribution is -0.124. The molecule has 34 heavy (non-hydrogen) atoms. The fourth-order valence-electron chi connectivity index (χ4n) is 3.80. The van der Waals surface area contributed by atoms with E-state index >= 15 is 0 Å². The summed E-state index contributed by atoms with van der Waals surface area (Å²) in [7, 11) is 1.75.